The van der Waals surface area contributed by atoms with Gasteiger partial charge in [0.15, 0.2) is 5.88 Å². The van der Waals surface area contributed by atoms with E-state index < -0.39 is 12.1 Å². The first-order valence-electron chi connectivity index (χ1n) is 13.8. The molecule has 7 N–H and O–H groups in total. The molecular weight excluding hydrogens is 530 g/mol. The predicted molar refractivity (Wildman–Crippen MR) is 164 cm³/mol. The number of aromatic amines is 1. The van der Waals surface area contributed by atoms with Crippen LogP contribution in [0.5, 0.6) is 5.88 Å². The Morgan fingerprint density at radius 3 is 2.52 bits per heavy atom. The summed E-state index contributed by atoms with van der Waals surface area (Å²) >= 11 is 0. The van der Waals surface area contributed by atoms with Gasteiger partial charge in [-0.25, -0.2) is 9.48 Å². The summed E-state index contributed by atoms with van der Waals surface area (Å²) < 4.78 is 1.72. The lowest BCUT2D eigenvalue weighted by Gasteiger charge is -2.24. The van der Waals surface area contributed by atoms with Gasteiger partial charge in [-0.1, -0.05) is 51.1 Å². The Labute approximate surface area is 242 Å². The van der Waals surface area contributed by atoms with Gasteiger partial charge in [0, 0.05) is 40.7 Å². The molecule has 0 aliphatic carbocycles. The maximum Gasteiger partial charge on any atom is 0.324 e. The van der Waals surface area contributed by atoms with Gasteiger partial charge in [0.25, 0.3) is 0 Å². The van der Waals surface area contributed by atoms with Crippen LogP contribution in [0.3, 0.4) is 0 Å². The molecule has 0 radical (unpaired) electrons. The van der Waals surface area contributed by atoms with Crippen LogP contribution >= 0.6 is 0 Å². The van der Waals surface area contributed by atoms with Crippen molar-refractivity contribution in [2.45, 2.75) is 45.2 Å². The molecule has 10 heteroatoms. The van der Waals surface area contributed by atoms with Gasteiger partial charge in [0.05, 0.1) is 17.4 Å². The topological polar surface area (TPSA) is 150 Å². The van der Waals surface area contributed by atoms with Crippen molar-refractivity contribution >= 4 is 34.2 Å². The lowest BCUT2D eigenvalue weighted by molar-refractivity contribution is -0.120. The number of amides is 3. The van der Waals surface area contributed by atoms with Gasteiger partial charge in [-0.3, -0.25) is 10.1 Å². The number of hydrogen-bond acceptors (Lipinski definition) is 5. The van der Waals surface area contributed by atoms with Crippen LogP contribution in [-0.2, 0) is 23.2 Å². The predicted octanol–water partition coefficient (Wildman–Crippen LogP) is 5.17. The molecule has 0 spiro atoms. The van der Waals surface area contributed by atoms with Crippen LogP contribution in [-0.4, -0.2) is 37.9 Å². The van der Waals surface area contributed by atoms with Gasteiger partial charge in [-0.05, 0) is 59.0 Å². The standard InChI is InChI=1S/C32H33N7O3/c1-32(2,3)27-15-28(39(38-27)22-12-9-19-16-34-26(29(33)40)14-20(19)13-22)37-31(42)36-21-10-7-18(8-11-21)23-5-4-6-24-25(23)17-35-30(24)41/h4-13,15,17,26,34-35,41H,14,16H2,1-3H3,(H2,33,40)(H2,36,37,42). The second kappa shape index (κ2) is 10.4. The number of anilines is 2. The van der Waals surface area contributed by atoms with E-state index in [2.05, 4.69) is 41.7 Å². The Balaban J connectivity index is 1.24. The number of carbonyl (C=O) groups is 2. The van der Waals surface area contributed by atoms with E-state index in [-0.39, 0.29) is 17.2 Å². The van der Waals surface area contributed by atoms with Crippen molar-refractivity contribution in [3.8, 4) is 22.7 Å². The van der Waals surface area contributed by atoms with Crippen molar-refractivity contribution in [3.05, 3.63) is 89.7 Å². The zero-order valence-electron chi connectivity index (χ0n) is 23.7. The SMILES string of the molecule is CC(C)(C)c1cc(NC(=O)Nc2ccc(-c3cccc4c(O)[nH]cc34)cc2)n(-c2ccc3c(c2)CC(C(N)=O)NC3)n1. The average Bonchev–Trinajstić information content (AvgIpc) is 3.56. The van der Waals surface area contributed by atoms with Crippen LogP contribution in [0, 0.1) is 0 Å². The lowest BCUT2D eigenvalue weighted by atomic mass is 9.92. The molecule has 10 nitrogen and oxygen atoms in total. The van der Waals surface area contributed by atoms with Crippen LogP contribution in [0.1, 0.15) is 37.6 Å². The third-order valence-corrected chi connectivity index (χ3v) is 7.63. The molecule has 3 amide bonds. The molecular formula is C32H33N7O3. The molecule has 3 heterocycles. The van der Waals surface area contributed by atoms with Crippen LogP contribution in [0.15, 0.2) is 72.9 Å². The van der Waals surface area contributed by atoms with E-state index in [0.717, 1.165) is 44.4 Å². The molecule has 2 aromatic heterocycles. The quantitative estimate of drug-likeness (QED) is 0.174. The first kappa shape index (κ1) is 27.1. The highest BCUT2D eigenvalue weighted by atomic mass is 16.3. The zero-order chi connectivity index (χ0) is 29.6. The highest BCUT2D eigenvalue weighted by Crippen LogP contribution is 2.33. The van der Waals surface area contributed by atoms with E-state index in [4.69, 9.17) is 10.8 Å². The number of hydrogen-bond donors (Lipinski definition) is 6. The van der Waals surface area contributed by atoms with Gasteiger partial charge in [-0.2, -0.15) is 5.10 Å². The molecule has 214 valence electrons. The summed E-state index contributed by atoms with van der Waals surface area (Å²) in [6.07, 6.45) is 2.27. The number of urea groups is 1. The summed E-state index contributed by atoms with van der Waals surface area (Å²) in [6.45, 7) is 6.76. The summed E-state index contributed by atoms with van der Waals surface area (Å²) in [5.41, 5.74) is 11.6. The van der Waals surface area contributed by atoms with Crippen molar-refractivity contribution in [2.24, 2.45) is 5.73 Å². The number of nitrogens with two attached hydrogens (primary N) is 1. The van der Waals surface area contributed by atoms with E-state index in [9.17, 15) is 14.7 Å². The Morgan fingerprint density at radius 2 is 1.79 bits per heavy atom. The van der Waals surface area contributed by atoms with E-state index in [1.165, 1.54) is 0 Å². The van der Waals surface area contributed by atoms with Gasteiger partial charge < -0.3 is 26.5 Å². The highest BCUT2D eigenvalue weighted by molar-refractivity contribution is 6.01. The van der Waals surface area contributed by atoms with Crippen LogP contribution < -0.4 is 21.7 Å². The number of fused-ring (bicyclic) bond motifs is 2. The minimum Gasteiger partial charge on any atom is -0.494 e. The minimum absolute atomic E-state index is 0.137. The molecule has 1 aliphatic heterocycles. The van der Waals surface area contributed by atoms with Crippen molar-refractivity contribution in [1.29, 1.82) is 0 Å². The van der Waals surface area contributed by atoms with Gasteiger partial charge in [0.2, 0.25) is 5.91 Å². The monoisotopic (exact) mass is 563 g/mol. The molecule has 0 saturated heterocycles. The number of aromatic nitrogens is 3. The van der Waals surface area contributed by atoms with Crippen molar-refractivity contribution < 1.29 is 14.7 Å². The highest BCUT2D eigenvalue weighted by Gasteiger charge is 2.25. The number of primary amides is 1. The van der Waals surface area contributed by atoms with Crippen LogP contribution in [0.4, 0.5) is 16.3 Å². The Bertz CT molecular complexity index is 1810. The molecule has 5 aromatic rings. The number of benzene rings is 3. The second-order valence-corrected chi connectivity index (χ2v) is 11.6. The van der Waals surface area contributed by atoms with E-state index in [1.54, 1.807) is 10.9 Å². The first-order chi connectivity index (χ1) is 20.1. The van der Waals surface area contributed by atoms with Crippen molar-refractivity contribution in [2.75, 3.05) is 10.6 Å². The summed E-state index contributed by atoms with van der Waals surface area (Å²) in [5, 5.41) is 25.6. The van der Waals surface area contributed by atoms with E-state index >= 15 is 0 Å². The fraction of sp³-hybridized carbons (Fsp3) is 0.219. The Hall–Kier alpha value is -5.09. The summed E-state index contributed by atoms with van der Waals surface area (Å²) in [4.78, 5) is 27.8. The molecule has 42 heavy (non-hydrogen) atoms. The van der Waals surface area contributed by atoms with Crippen molar-refractivity contribution in [3.63, 3.8) is 0 Å². The number of carbonyl (C=O) groups excluding carboxylic acids is 2. The molecule has 1 aliphatic rings. The molecule has 6 rings (SSSR count). The van der Waals surface area contributed by atoms with E-state index in [0.29, 0.717) is 24.5 Å². The Kier molecular flexibility index (Phi) is 6.70. The maximum absolute atomic E-state index is 13.2. The van der Waals surface area contributed by atoms with E-state index in [1.807, 2.05) is 66.7 Å². The number of H-pyrrole nitrogens is 1. The average molecular weight is 564 g/mol. The lowest BCUT2D eigenvalue weighted by Crippen LogP contribution is -2.45. The summed E-state index contributed by atoms with van der Waals surface area (Å²) in [5.74, 6) is 0.277. The molecule has 0 fully saturated rings. The largest absolute Gasteiger partial charge is 0.494 e. The summed E-state index contributed by atoms with van der Waals surface area (Å²) in [6, 6.07) is 20.3. The smallest absolute Gasteiger partial charge is 0.324 e. The molecule has 3 aromatic carbocycles. The van der Waals surface area contributed by atoms with Crippen LogP contribution in [0.2, 0.25) is 0 Å². The number of aromatic hydroxyl groups is 1. The van der Waals surface area contributed by atoms with Gasteiger partial charge in [-0.15, -0.1) is 0 Å². The maximum atomic E-state index is 13.2. The zero-order valence-corrected chi connectivity index (χ0v) is 23.7. The third kappa shape index (κ3) is 5.19. The third-order valence-electron chi connectivity index (χ3n) is 7.63. The molecule has 0 bridgehead atoms. The number of nitrogens with one attached hydrogen (secondary N) is 4. The molecule has 0 saturated carbocycles. The molecule has 1 unspecified atom stereocenters. The fourth-order valence-corrected chi connectivity index (χ4v) is 5.28. The van der Waals surface area contributed by atoms with Gasteiger partial charge >= 0.3 is 6.03 Å². The molecule has 1 atom stereocenters. The summed E-state index contributed by atoms with van der Waals surface area (Å²) in [7, 11) is 0. The normalized spacial score (nSPS) is 14.9. The minimum atomic E-state index is -0.423. The number of rotatable bonds is 5. The first-order valence-corrected chi connectivity index (χ1v) is 13.8. The van der Waals surface area contributed by atoms with Crippen molar-refractivity contribution in [1.82, 2.24) is 20.1 Å². The Morgan fingerprint density at radius 1 is 1.00 bits per heavy atom. The second-order valence-electron chi connectivity index (χ2n) is 11.6. The van der Waals surface area contributed by atoms with Gasteiger partial charge in [0.1, 0.15) is 5.82 Å². The fourth-order valence-electron chi connectivity index (χ4n) is 5.28. The van der Waals surface area contributed by atoms with Crippen LogP contribution in [0.25, 0.3) is 27.6 Å². The number of nitrogens with zero attached hydrogens (tertiary/aromatic N) is 2.